The predicted octanol–water partition coefficient (Wildman–Crippen LogP) is 3.89. The summed E-state index contributed by atoms with van der Waals surface area (Å²) in [5.41, 5.74) is 6.11. The fourth-order valence-corrected chi connectivity index (χ4v) is 3.94. The first-order chi connectivity index (χ1) is 12.0. The second-order valence-corrected chi connectivity index (χ2v) is 7.01. The third kappa shape index (κ3) is 3.64. The number of nitrogen functional groups attached to an aromatic ring is 1. The Labute approximate surface area is 152 Å². The highest BCUT2D eigenvalue weighted by atomic mass is 32.2. The Bertz CT molecular complexity index is 864. The molecule has 2 aromatic carbocycles. The molecule has 6 heteroatoms. The van der Waals surface area contributed by atoms with E-state index in [2.05, 4.69) is 43.1 Å². The van der Waals surface area contributed by atoms with E-state index in [0.717, 1.165) is 17.1 Å². The minimum Gasteiger partial charge on any atom is -0.497 e. The molecule has 0 amide bonds. The minimum absolute atomic E-state index is 0.641. The van der Waals surface area contributed by atoms with E-state index >= 15 is 0 Å². The number of aromatic nitrogens is 3. The van der Waals surface area contributed by atoms with Gasteiger partial charge in [0.25, 0.3) is 0 Å². The van der Waals surface area contributed by atoms with Gasteiger partial charge in [0.05, 0.1) is 7.11 Å². The molecule has 5 nitrogen and oxygen atoms in total. The molecule has 0 radical (unpaired) electrons. The first-order valence-corrected chi connectivity index (χ1v) is 9.02. The van der Waals surface area contributed by atoms with Gasteiger partial charge in [-0.3, -0.25) is 0 Å². The van der Waals surface area contributed by atoms with Crippen LogP contribution >= 0.6 is 11.8 Å². The quantitative estimate of drug-likeness (QED) is 0.556. The fraction of sp³-hybridized carbons (Fsp3) is 0.263. The van der Waals surface area contributed by atoms with E-state index in [9.17, 15) is 0 Å². The molecule has 0 bridgehead atoms. The average Bonchev–Trinajstić information content (AvgIpc) is 2.95. The summed E-state index contributed by atoms with van der Waals surface area (Å²) in [6, 6.07) is 12.0. The summed E-state index contributed by atoms with van der Waals surface area (Å²) < 4.78 is 6.73. The molecule has 0 saturated carbocycles. The van der Waals surface area contributed by atoms with Gasteiger partial charge in [0.2, 0.25) is 5.16 Å². The molecule has 1 heterocycles. The van der Waals surface area contributed by atoms with Crippen LogP contribution in [0.15, 0.2) is 41.6 Å². The highest BCUT2D eigenvalue weighted by Gasteiger charge is 2.13. The Balaban J connectivity index is 1.80. The van der Waals surface area contributed by atoms with E-state index in [1.54, 1.807) is 23.5 Å². The van der Waals surface area contributed by atoms with Gasteiger partial charge in [0.15, 0.2) is 5.82 Å². The molecule has 25 heavy (non-hydrogen) atoms. The molecule has 0 aliphatic heterocycles. The Kier molecular flexibility index (Phi) is 4.99. The largest absolute Gasteiger partial charge is 0.497 e. The van der Waals surface area contributed by atoms with Crippen LogP contribution < -0.4 is 10.6 Å². The van der Waals surface area contributed by atoms with Gasteiger partial charge in [-0.05, 0) is 61.7 Å². The van der Waals surface area contributed by atoms with Gasteiger partial charge < -0.3 is 10.6 Å². The van der Waals surface area contributed by atoms with Gasteiger partial charge in [-0.25, -0.2) is 4.68 Å². The number of nitrogens with two attached hydrogens (primary N) is 1. The highest BCUT2D eigenvalue weighted by molar-refractivity contribution is 7.98. The number of hydrogen-bond donors (Lipinski definition) is 1. The topological polar surface area (TPSA) is 66.0 Å². The normalized spacial score (nSPS) is 10.9. The first-order valence-electron chi connectivity index (χ1n) is 8.04. The number of thioether (sulfide) groups is 1. The van der Waals surface area contributed by atoms with Crippen molar-refractivity contribution in [3.63, 3.8) is 0 Å². The summed E-state index contributed by atoms with van der Waals surface area (Å²) in [6.45, 7) is 6.41. The highest BCUT2D eigenvalue weighted by Crippen LogP contribution is 2.28. The zero-order chi connectivity index (χ0) is 18.0. The molecule has 3 aromatic rings. The van der Waals surface area contributed by atoms with Crippen molar-refractivity contribution in [1.29, 1.82) is 0 Å². The number of hydrogen-bond acceptors (Lipinski definition) is 5. The van der Waals surface area contributed by atoms with E-state index in [1.165, 1.54) is 22.3 Å². The zero-order valence-electron chi connectivity index (χ0n) is 14.9. The number of ether oxygens (including phenoxy) is 1. The number of methoxy groups -OCH3 is 1. The third-order valence-electron chi connectivity index (χ3n) is 4.20. The predicted molar refractivity (Wildman–Crippen MR) is 102 cm³/mol. The van der Waals surface area contributed by atoms with Crippen molar-refractivity contribution in [2.45, 2.75) is 31.7 Å². The van der Waals surface area contributed by atoms with Crippen LogP contribution in [0.3, 0.4) is 0 Å². The average molecular weight is 354 g/mol. The van der Waals surface area contributed by atoms with Crippen LogP contribution in [0.5, 0.6) is 5.75 Å². The van der Waals surface area contributed by atoms with Crippen molar-refractivity contribution in [3.8, 4) is 17.1 Å². The van der Waals surface area contributed by atoms with E-state index in [0.29, 0.717) is 11.0 Å². The minimum atomic E-state index is 0.641. The van der Waals surface area contributed by atoms with E-state index in [4.69, 9.17) is 10.6 Å². The standard InChI is InChI=1S/C19H22N4OS/c1-12-9-13(2)17(14(3)10-12)11-25-19-22-21-18(23(19)20)15-5-7-16(24-4)8-6-15/h5-10H,11,20H2,1-4H3. The Morgan fingerprint density at radius 2 is 1.68 bits per heavy atom. The maximum Gasteiger partial charge on any atom is 0.210 e. The molecule has 2 N–H and O–H groups in total. The van der Waals surface area contributed by atoms with Gasteiger partial charge in [-0.1, -0.05) is 29.5 Å². The summed E-state index contributed by atoms with van der Waals surface area (Å²) >= 11 is 1.60. The molecular weight excluding hydrogens is 332 g/mol. The molecule has 130 valence electrons. The van der Waals surface area contributed by atoms with Crippen LogP contribution in [0.25, 0.3) is 11.4 Å². The number of benzene rings is 2. The molecular formula is C19H22N4OS. The van der Waals surface area contributed by atoms with E-state index in [1.807, 2.05) is 24.3 Å². The maximum atomic E-state index is 6.21. The summed E-state index contributed by atoms with van der Waals surface area (Å²) in [5.74, 6) is 8.46. The molecule has 0 spiro atoms. The summed E-state index contributed by atoms with van der Waals surface area (Å²) in [4.78, 5) is 0. The van der Waals surface area contributed by atoms with Gasteiger partial charge >= 0.3 is 0 Å². The second-order valence-electron chi connectivity index (χ2n) is 6.07. The lowest BCUT2D eigenvalue weighted by Crippen LogP contribution is -2.11. The molecule has 0 aliphatic carbocycles. The van der Waals surface area contributed by atoms with Crippen molar-refractivity contribution >= 4 is 11.8 Å². The molecule has 1 aromatic heterocycles. The van der Waals surface area contributed by atoms with Crippen molar-refractivity contribution in [2.75, 3.05) is 13.0 Å². The second kappa shape index (κ2) is 7.19. The van der Waals surface area contributed by atoms with Crippen molar-refractivity contribution in [1.82, 2.24) is 14.9 Å². The molecule has 0 unspecified atom stereocenters. The molecule has 0 atom stereocenters. The summed E-state index contributed by atoms with van der Waals surface area (Å²) in [5, 5.41) is 9.18. The lowest BCUT2D eigenvalue weighted by molar-refractivity contribution is 0.415. The fourth-order valence-electron chi connectivity index (χ4n) is 2.89. The molecule has 0 aliphatic rings. The Morgan fingerprint density at radius 1 is 1.04 bits per heavy atom. The zero-order valence-corrected chi connectivity index (χ0v) is 15.7. The summed E-state index contributed by atoms with van der Waals surface area (Å²) in [7, 11) is 1.64. The Hall–Kier alpha value is -2.47. The lowest BCUT2D eigenvalue weighted by Gasteiger charge is -2.11. The number of nitrogens with zero attached hydrogens (tertiary/aromatic N) is 3. The smallest absolute Gasteiger partial charge is 0.210 e. The number of rotatable bonds is 5. The van der Waals surface area contributed by atoms with Crippen LogP contribution in [0.4, 0.5) is 0 Å². The third-order valence-corrected chi connectivity index (χ3v) is 5.17. The van der Waals surface area contributed by atoms with Gasteiger partial charge in [-0.15, -0.1) is 10.2 Å². The van der Waals surface area contributed by atoms with E-state index in [-0.39, 0.29) is 0 Å². The molecule has 0 saturated heterocycles. The van der Waals surface area contributed by atoms with Crippen molar-refractivity contribution in [2.24, 2.45) is 0 Å². The maximum absolute atomic E-state index is 6.21. The van der Waals surface area contributed by atoms with Crippen LogP contribution in [0.2, 0.25) is 0 Å². The van der Waals surface area contributed by atoms with Gasteiger partial charge in [-0.2, -0.15) is 0 Å². The van der Waals surface area contributed by atoms with Crippen molar-refractivity contribution < 1.29 is 4.74 Å². The van der Waals surface area contributed by atoms with Crippen LogP contribution in [-0.2, 0) is 5.75 Å². The van der Waals surface area contributed by atoms with Crippen molar-refractivity contribution in [3.05, 3.63) is 58.7 Å². The van der Waals surface area contributed by atoms with Crippen LogP contribution in [-0.4, -0.2) is 22.0 Å². The lowest BCUT2D eigenvalue weighted by atomic mass is 10.0. The van der Waals surface area contributed by atoms with Gasteiger partial charge in [0.1, 0.15) is 5.75 Å². The summed E-state index contributed by atoms with van der Waals surface area (Å²) in [6.07, 6.45) is 0. The molecule has 0 fully saturated rings. The van der Waals surface area contributed by atoms with E-state index < -0.39 is 0 Å². The SMILES string of the molecule is COc1ccc(-c2nnc(SCc3c(C)cc(C)cc3C)n2N)cc1. The molecule has 3 rings (SSSR count). The van der Waals surface area contributed by atoms with Crippen LogP contribution in [0.1, 0.15) is 22.3 Å². The first kappa shape index (κ1) is 17.4. The Morgan fingerprint density at radius 3 is 2.28 bits per heavy atom. The number of aryl methyl sites for hydroxylation is 3. The monoisotopic (exact) mass is 354 g/mol. The van der Waals surface area contributed by atoms with Gasteiger partial charge in [0, 0.05) is 11.3 Å². The van der Waals surface area contributed by atoms with Crippen LogP contribution in [0, 0.1) is 20.8 Å².